The van der Waals surface area contributed by atoms with Gasteiger partial charge in [-0.25, -0.2) is 0 Å². The summed E-state index contributed by atoms with van der Waals surface area (Å²) in [6.45, 7) is 2.46. The fourth-order valence-electron chi connectivity index (χ4n) is 2.83. The Bertz CT molecular complexity index is 455. The molecule has 3 nitrogen and oxygen atoms in total. The molecule has 104 valence electrons. The molecule has 4 heteroatoms. The quantitative estimate of drug-likeness (QED) is 0.893. The van der Waals surface area contributed by atoms with Crippen molar-refractivity contribution in [2.24, 2.45) is 11.1 Å². The molecule has 1 atom stereocenters. The van der Waals surface area contributed by atoms with Gasteiger partial charge in [0, 0.05) is 11.0 Å². The molecule has 0 radical (unpaired) electrons. The standard InChI is InChI=1S/C15H21BrN2O/c1-11(12-6-2-3-7-13(12)16)18-14(19)15(10-17)8-4-5-9-15/h2-3,6-7,11H,4-5,8-10,17H2,1H3,(H,18,19)/t11-/m1/s1. The van der Waals surface area contributed by atoms with Gasteiger partial charge in [0.05, 0.1) is 11.5 Å². The average molecular weight is 325 g/mol. The molecule has 1 fully saturated rings. The molecule has 0 aromatic heterocycles. The first-order chi connectivity index (χ1) is 9.09. The van der Waals surface area contributed by atoms with Crippen molar-refractivity contribution in [3.05, 3.63) is 34.3 Å². The molecule has 19 heavy (non-hydrogen) atoms. The Kier molecular flexibility index (Phi) is 4.63. The predicted octanol–water partition coefficient (Wildman–Crippen LogP) is 3.15. The van der Waals surface area contributed by atoms with E-state index in [0.717, 1.165) is 35.7 Å². The van der Waals surface area contributed by atoms with Crippen molar-refractivity contribution in [3.8, 4) is 0 Å². The number of halogens is 1. The maximum Gasteiger partial charge on any atom is 0.227 e. The molecule has 0 bridgehead atoms. The van der Waals surface area contributed by atoms with E-state index in [4.69, 9.17) is 5.73 Å². The van der Waals surface area contributed by atoms with Gasteiger partial charge in [-0.3, -0.25) is 4.79 Å². The van der Waals surface area contributed by atoms with Crippen LogP contribution in [0.15, 0.2) is 28.7 Å². The van der Waals surface area contributed by atoms with Crippen LogP contribution in [0.25, 0.3) is 0 Å². The van der Waals surface area contributed by atoms with Crippen molar-refractivity contribution in [3.63, 3.8) is 0 Å². The summed E-state index contributed by atoms with van der Waals surface area (Å²) in [6, 6.07) is 7.97. The van der Waals surface area contributed by atoms with Gasteiger partial charge in [-0.15, -0.1) is 0 Å². The Labute approximate surface area is 123 Å². The summed E-state index contributed by atoms with van der Waals surface area (Å²) in [4.78, 5) is 12.5. The lowest BCUT2D eigenvalue weighted by Crippen LogP contribution is -2.45. The van der Waals surface area contributed by atoms with Crippen LogP contribution in [0, 0.1) is 5.41 Å². The molecule has 0 spiro atoms. The maximum absolute atomic E-state index is 12.5. The summed E-state index contributed by atoms with van der Waals surface area (Å²) in [5.74, 6) is 0.107. The van der Waals surface area contributed by atoms with Crippen LogP contribution in [-0.2, 0) is 4.79 Å². The van der Waals surface area contributed by atoms with E-state index < -0.39 is 0 Å². The summed E-state index contributed by atoms with van der Waals surface area (Å²) < 4.78 is 1.02. The van der Waals surface area contributed by atoms with Gasteiger partial charge in [0.25, 0.3) is 0 Å². The fraction of sp³-hybridized carbons (Fsp3) is 0.533. The van der Waals surface area contributed by atoms with Crippen LogP contribution < -0.4 is 11.1 Å². The largest absolute Gasteiger partial charge is 0.349 e. The van der Waals surface area contributed by atoms with E-state index in [0.29, 0.717) is 6.54 Å². The summed E-state index contributed by atoms with van der Waals surface area (Å²) in [6.07, 6.45) is 4.04. The topological polar surface area (TPSA) is 55.1 Å². The second kappa shape index (κ2) is 6.06. The van der Waals surface area contributed by atoms with E-state index in [9.17, 15) is 4.79 Å². The second-order valence-electron chi connectivity index (χ2n) is 5.41. The highest BCUT2D eigenvalue weighted by Crippen LogP contribution is 2.38. The SMILES string of the molecule is C[C@@H](NC(=O)C1(CN)CCCC1)c1ccccc1Br. The van der Waals surface area contributed by atoms with Gasteiger partial charge in [-0.05, 0) is 31.4 Å². The van der Waals surface area contributed by atoms with Gasteiger partial charge >= 0.3 is 0 Å². The Morgan fingerprint density at radius 2 is 2.05 bits per heavy atom. The molecular formula is C15H21BrN2O. The summed E-state index contributed by atoms with van der Waals surface area (Å²) in [5.41, 5.74) is 6.60. The van der Waals surface area contributed by atoms with E-state index in [1.165, 1.54) is 0 Å². The number of nitrogens with one attached hydrogen (secondary N) is 1. The zero-order chi connectivity index (χ0) is 13.9. The first-order valence-electron chi connectivity index (χ1n) is 6.84. The maximum atomic E-state index is 12.5. The van der Waals surface area contributed by atoms with Gasteiger partial charge in [0.1, 0.15) is 0 Å². The molecule has 1 aliphatic rings. The summed E-state index contributed by atoms with van der Waals surface area (Å²) in [5, 5.41) is 3.12. The molecule has 2 rings (SSSR count). The highest BCUT2D eigenvalue weighted by molar-refractivity contribution is 9.10. The summed E-state index contributed by atoms with van der Waals surface area (Å²) >= 11 is 3.52. The number of carbonyl (C=O) groups is 1. The molecule has 1 aliphatic carbocycles. The lowest BCUT2D eigenvalue weighted by molar-refractivity contribution is -0.131. The Balaban J connectivity index is 2.08. The van der Waals surface area contributed by atoms with E-state index in [1.54, 1.807) is 0 Å². The number of benzene rings is 1. The van der Waals surface area contributed by atoms with Crippen LogP contribution in [0.2, 0.25) is 0 Å². The van der Waals surface area contributed by atoms with Gasteiger partial charge in [0.15, 0.2) is 0 Å². The molecule has 1 amide bonds. The third kappa shape index (κ3) is 3.00. The van der Waals surface area contributed by atoms with Crippen molar-refractivity contribution in [2.75, 3.05) is 6.54 Å². The van der Waals surface area contributed by atoms with E-state index in [1.807, 2.05) is 31.2 Å². The van der Waals surface area contributed by atoms with E-state index >= 15 is 0 Å². The van der Waals surface area contributed by atoms with Gasteiger partial charge in [-0.1, -0.05) is 47.0 Å². The first kappa shape index (κ1) is 14.5. The number of hydrogen-bond donors (Lipinski definition) is 2. The normalized spacial score (nSPS) is 19.1. The smallest absolute Gasteiger partial charge is 0.227 e. The van der Waals surface area contributed by atoms with E-state index in [2.05, 4.69) is 21.2 Å². The minimum Gasteiger partial charge on any atom is -0.349 e. The molecule has 1 aromatic carbocycles. The summed E-state index contributed by atoms with van der Waals surface area (Å²) in [7, 11) is 0. The molecule has 3 N–H and O–H groups in total. The van der Waals surface area contributed by atoms with Gasteiger partial charge in [-0.2, -0.15) is 0 Å². The van der Waals surface area contributed by atoms with Crippen LogP contribution in [-0.4, -0.2) is 12.5 Å². The molecule has 1 saturated carbocycles. The minimum atomic E-state index is -0.338. The molecule has 0 unspecified atom stereocenters. The van der Waals surface area contributed by atoms with Crippen LogP contribution in [0.4, 0.5) is 0 Å². The van der Waals surface area contributed by atoms with Crippen LogP contribution >= 0.6 is 15.9 Å². The van der Waals surface area contributed by atoms with Crippen molar-refractivity contribution < 1.29 is 4.79 Å². The van der Waals surface area contributed by atoms with Crippen molar-refractivity contribution in [1.29, 1.82) is 0 Å². The van der Waals surface area contributed by atoms with Crippen molar-refractivity contribution in [1.82, 2.24) is 5.32 Å². The van der Waals surface area contributed by atoms with Crippen LogP contribution in [0.1, 0.15) is 44.2 Å². The lowest BCUT2D eigenvalue weighted by atomic mass is 9.85. The number of amides is 1. The first-order valence-corrected chi connectivity index (χ1v) is 7.64. The molecule has 1 aromatic rings. The van der Waals surface area contributed by atoms with Gasteiger partial charge in [0.2, 0.25) is 5.91 Å². The number of carbonyl (C=O) groups excluding carboxylic acids is 1. The number of nitrogens with two attached hydrogens (primary N) is 1. The van der Waals surface area contributed by atoms with Crippen LogP contribution in [0.3, 0.4) is 0 Å². The molecular weight excluding hydrogens is 304 g/mol. The monoisotopic (exact) mass is 324 g/mol. The lowest BCUT2D eigenvalue weighted by Gasteiger charge is -2.28. The number of hydrogen-bond acceptors (Lipinski definition) is 2. The highest BCUT2D eigenvalue weighted by Gasteiger charge is 2.40. The molecule has 0 aliphatic heterocycles. The van der Waals surface area contributed by atoms with E-state index in [-0.39, 0.29) is 17.4 Å². The Morgan fingerprint density at radius 3 is 2.63 bits per heavy atom. The average Bonchev–Trinajstić information content (AvgIpc) is 2.89. The van der Waals surface area contributed by atoms with Gasteiger partial charge < -0.3 is 11.1 Å². The molecule has 0 heterocycles. The zero-order valence-electron chi connectivity index (χ0n) is 11.3. The second-order valence-corrected chi connectivity index (χ2v) is 6.26. The Morgan fingerprint density at radius 1 is 1.42 bits per heavy atom. The Hall–Kier alpha value is -0.870. The zero-order valence-corrected chi connectivity index (χ0v) is 12.9. The predicted molar refractivity (Wildman–Crippen MR) is 80.7 cm³/mol. The third-order valence-electron chi connectivity index (χ3n) is 4.15. The highest BCUT2D eigenvalue weighted by atomic mass is 79.9. The molecule has 0 saturated heterocycles. The van der Waals surface area contributed by atoms with Crippen molar-refractivity contribution >= 4 is 21.8 Å². The fourth-order valence-corrected chi connectivity index (χ4v) is 3.46. The van der Waals surface area contributed by atoms with Crippen LogP contribution in [0.5, 0.6) is 0 Å². The third-order valence-corrected chi connectivity index (χ3v) is 4.87. The number of rotatable bonds is 4. The van der Waals surface area contributed by atoms with Crippen molar-refractivity contribution in [2.45, 2.75) is 38.6 Å². The minimum absolute atomic E-state index is 0.00731.